The van der Waals surface area contributed by atoms with Crippen LogP contribution in [0.1, 0.15) is 39.1 Å². The molecule has 0 saturated carbocycles. The summed E-state index contributed by atoms with van der Waals surface area (Å²) in [4.78, 5) is 4.05. The minimum absolute atomic E-state index is 0.0175. The van der Waals surface area contributed by atoms with Crippen molar-refractivity contribution in [2.24, 2.45) is 5.41 Å². The van der Waals surface area contributed by atoms with E-state index < -0.39 is 24.6 Å². The molecular formula is C18H21ClF5N3O. The van der Waals surface area contributed by atoms with Gasteiger partial charge in [-0.2, -0.15) is 27.1 Å². The molecule has 0 saturated heterocycles. The van der Waals surface area contributed by atoms with Crippen LogP contribution in [-0.2, 0) is 19.4 Å². The van der Waals surface area contributed by atoms with E-state index in [0.717, 1.165) is 19.9 Å². The first-order valence-corrected chi connectivity index (χ1v) is 9.05. The van der Waals surface area contributed by atoms with E-state index in [1.165, 1.54) is 10.9 Å². The lowest BCUT2D eigenvalue weighted by Crippen LogP contribution is -2.34. The Labute approximate surface area is 164 Å². The normalized spacial score (nSPS) is 12.7. The number of aromatic nitrogens is 3. The maximum absolute atomic E-state index is 13.2. The van der Waals surface area contributed by atoms with Crippen molar-refractivity contribution in [2.75, 3.05) is 0 Å². The Hall–Kier alpha value is -1.90. The van der Waals surface area contributed by atoms with Crippen LogP contribution >= 0.6 is 11.6 Å². The molecule has 0 aliphatic heterocycles. The van der Waals surface area contributed by atoms with E-state index in [9.17, 15) is 22.0 Å². The van der Waals surface area contributed by atoms with Crippen LogP contribution in [-0.4, -0.2) is 27.6 Å². The highest BCUT2D eigenvalue weighted by molar-refractivity contribution is 6.33. The first-order valence-electron chi connectivity index (χ1n) is 8.67. The summed E-state index contributed by atoms with van der Waals surface area (Å²) < 4.78 is 71.5. The molecular weight excluding hydrogens is 405 g/mol. The van der Waals surface area contributed by atoms with Gasteiger partial charge in [0.1, 0.15) is 5.75 Å². The second kappa shape index (κ2) is 8.23. The third-order valence-corrected chi connectivity index (χ3v) is 4.78. The van der Waals surface area contributed by atoms with Gasteiger partial charge in [-0.05, 0) is 13.3 Å². The first kappa shape index (κ1) is 22.4. The molecule has 10 heteroatoms. The molecule has 0 fully saturated rings. The number of pyridine rings is 1. The molecule has 4 nitrogen and oxygen atoms in total. The summed E-state index contributed by atoms with van der Waals surface area (Å²) in [6, 6.07) is 1.10. The van der Waals surface area contributed by atoms with Gasteiger partial charge in [-0.15, -0.1) is 0 Å². The Morgan fingerprint density at radius 1 is 1.21 bits per heavy atom. The smallest absolute Gasteiger partial charge is 0.394 e. The van der Waals surface area contributed by atoms with Crippen molar-refractivity contribution in [2.45, 2.75) is 59.9 Å². The quantitative estimate of drug-likeness (QED) is 0.517. The number of rotatable bonds is 7. The summed E-state index contributed by atoms with van der Waals surface area (Å²) in [5.41, 5.74) is -1.04. The molecule has 0 aliphatic carbocycles. The van der Waals surface area contributed by atoms with Crippen LogP contribution in [0.15, 0.2) is 12.3 Å². The van der Waals surface area contributed by atoms with Gasteiger partial charge in [-0.25, -0.2) is 0 Å². The van der Waals surface area contributed by atoms with E-state index in [4.69, 9.17) is 11.6 Å². The van der Waals surface area contributed by atoms with Crippen LogP contribution in [0.5, 0.6) is 5.75 Å². The van der Waals surface area contributed by atoms with Gasteiger partial charge in [-0.3, -0.25) is 9.67 Å². The number of aryl methyl sites for hydroxylation is 2. The highest BCUT2D eigenvalue weighted by Crippen LogP contribution is 2.42. The summed E-state index contributed by atoms with van der Waals surface area (Å²) in [5.74, 6) is -0.294. The molecule has 0 amide bonds. The predicted octanol–water partition coefficient (Wildman–Crippen LogP) is 5.91. The Bertz CT molecular complexity index is 833. The third kappa shape index (κ3) is 4.56. The van der Waals surface area contributed by atoms with E-state index in [1.807, 2.05) is 6.92 Å². The molecule has 2 aromatic rings. The fourth-order valence-electron chi connectivity index (χ4n) is 2.70. The monoisotopic (exact) mass is 425 g/mol. The zero-order valence-corrected chi connectivity index (χ0v) is 16.6. The minimum atomic E-state index is -4.47. The highest BCUT2D eigenvalue weighted by atomic mass is 35.5. The van der Waals surface area contributed by atoms with Crippen LogP contribution in [0.25, 0.3) is 11.3 Å². The fourth-order valence-corrected chi connectivity index (χ4v) is 3.07. The summed E-state index contributed by atoms with van der Waals surface area (Å²) >= 11 is 6.35. The molecule has 0 N–H and O–H groups in total. The molecule has 2 heterocycles. The number of hydrogen-bond donors (Lipinski definition) is 0. The van der Waals surface area contributed by atoms with Crippen molar-refractivity contribution in [3.05, 3.63) is 28.7 Å². The Kier molecular flexibility index (Phi) is 6.58. The van der Waals surface area contributed by atoms with Gasteiger partial charge in [0.2, 0.25) is 0 Å². The van der Waals surface area contributed by atoms with Crippen molar-refractivity contribution < 1.29 is 26.7 Å². The van der Waals surface area contributed by atoms with Crippen molar-refractivity contribution in [1.82, 2.24) is 14.8 Å². The maximum Gasteiger partial charge on any atom is 0.394 e. The lowest BCUT2D eigenvalue weighted by Gasteiger charge is -2.27. The number of alkyl halides is 5. The molecule has 0 spiro atoms. The topological polar surface area (TPSA) is 39.9 Å². The molecule has 0 aliphatic rings. The summed E-state index contributed by atoms with van der Waals surface area (Å²) in [5, 5.41) is 4.59. The van der Waals surface area contributed by atoms with Crippen molar-refractivity contribution in [3.63, 3.8) is 0 Å². The van der Waals surface area contributed by atoms with Crippen LogP contribution in [0, 0.1) is 5.41 Å². The van der Waals surface area contributed by atoms with Crippen molar-refractivity contribution >= 4 is 11.6 Å². The van der Waals surface area contributed by atoms with Gasteiger partial charge in [0.15, 0.2) is 0 Å². The van der Waals surface area contributed by atoms with Crippen LogP contribution in [0.3, 0.4) is 0 Å². The van der Waals surface area contributed by atoms with E-state index >= 15 is 0 Å². The molecule has 0 aromatic carbocycles. The molecule has 2 rings (SSSR count). The van der Waals surface area contributed by atoms with Gasteiger partial charge >= 0.3 is 12.8 Å². The molecule has 28 heavy (non-hydrogen) atoms. The molecule has 2 aromatic heterocycles. The van der Waals surface area contributed by atoms with Crippen molar-refractivity contribution in [3.8, 4) is 17.0 Å². The lowest BCUT2D eigenvalue weighted by atomic mass is 9.86. The predicted molar refractivity (Wildman–Crippen MR) is 95.7 cm³/mol. The maximum atomic E-state index is 13.2. The first-order chi connectivity index (χ1) is 12.9. The van der Waals surface area contributed by atoms with Crippen LogP contribution < -0.4 is 4.74 Å². The van der Waals surface area contributed by atoms with Gasteiger partial charge in [0.25, 0.3) is 0 Å². The van der Waals surface area contributed by atoms with E-state index in [2.05, 4.69) is 14.8 Å². The van der Waals surface area contributed by atoms with Gasteiger partial charge in [0.05, 0.1) is 27.4 Å². The second-order valence-electron chi connectivity index (χ2n) is 6.89. The molecule has 0 bridgehead atoms. The number of hydrogen-bond acceptors (Lipinski definition) is 3. The van der Waals surface area contributed by atoms with E-state index in [0.29, 0.717) is 24.4 Å². The SMILES string of the molecule is CCc1nn(CC)c(-c2cnc(CC(C)(C)C(F)(F)F)cc2OC(F)F)c1Cl. The highest BCUT2D eigenvalue weighted by Gasteiger charge is 2.47. The van der Waals surface area contributed by atoms with Gasteiger partial charge in [0, 0.05) is 30.9 Å². The van der Waals surface area contributed by atoms with E-state index in [-0.39, 0.29) is 22.0 Å². The lowest BCUT2D eigenvalue weighted by molar-refractivity contribution is -0.211. The molecule has 156 valence electrons. The summed E-state index contributed by atoms with van der Waals surface area (Å²) in [6.07, 6.45) is -3.24. The van der Waals surface area contributed by atoms with Gasteiger partial charge < -0.3 is 4.74 Å². The van der Waals surface area contributed by atoms with Gasteiger partial charge in [-0.1, -0.05) is 32.4 Å². The van der Waals surface area contributed by atoms with Crippen LogP contribution in [0.2, 0.25) is 5.02 Å². The zero-order chi connectivity index (χ0) is 21.3. The number of nitrogens with zero attached hydrogens (tertiary/aromatic N) is 3. The second-order valence-corrected chi connectivity index (χ2v) is 7.27. The average molecular weight is 426 g/mol. The fraction of sp³-hybridized carbons (Fsp3) is 0.556. The van der Waals surface area contributed by atoms with Crippen molar-refractivity contribution in [1.29, 1.82) is 0 Å². The summed E-state index contributed by atoms with van der Waals surface area (Å²) in [7, 11) is 0. The third-order valence-electron chi connectivity index (χ3n) is 4.38. The molecule has 0 atom stereocenters. The standard InChI is InChI=1S/C18H21ClF5N3O/c1-5-12-14(19)15(27(6-2)26-12)11-9-25-10(7-13(11)28-16(20)21)8-17(3,4)18(22,23)24/h7,9,16H,5-6,8H2,1-4H3. The van der Waals surface area contributed by atoms with Crippen LogP contribution in [0.4, 0.5) is 22.0 Å². The zero-order valence-electron chi connectivity index (χ0n) is 15.9. The molecule has 0 unspecified atom stereocenters. The summed E-state index contributed by atoms with van der Waals surface area (Å²) in [6.45, 7) is 2.93. The number of ether oxygens (including phenoxy) is 1. The Morgan fingerprint density at radius 2 is 1.86 bits per heavy atom. The minimum Gasteiger partial charge on any atom is -0.434 e. The van der Waals surface area contributed by atoms with E-state index in [1.54, 1.807) is 6.92 Å². The average Bonchev–Trinajstić information content (AvgIpc) is 2.89. The Morgan fingerprint density at radius 3 is 2.36 bits per heavy atom. The number of halogens is 6. The molecule has 0 radical (unpaired) electrons. The largest absolute Gasteiger partial charge is 0.434 e. The Balaban J connectivity index is 2.57.